The lowest BCUT2D eigenvalue weighted by Gasteiger charge is -2.36. The standard InChI is InChI=1S/C35H42NOPS/c1-7-8-15-26-20-22-28(23-21-26)31(36-39(37)34(3,4)5)33-30(27-16-11-9-12-17-27)35(6)24-38(33)32(25(35)2)29-18-13-10-14-19-29/h9-14,16-23,31,36H,7-8,15,24H2,1-6H3/t31-,35-,38+,39?/m1/s1. The monoisotopic (exact) mass is 555 g/mol. The molecule has 0 radical (unpaired) electrons. The van der Waals surface area contributed by atoms with E-state index in [9.17, 15) is 4.55 Å². The lowest BCUT2D eigenvalue weighted by molar-refractivity contribution is 0.536. The molecule has 0 aromatic heterocycles. The molecule has 2 aliphatic heterocycles. The molecule has 39 heavy (non-hydrogen) atoms. The number of allylic oxidation sites excluding steroid dienone is 2. The van der Waals surface area contributed by atoms with Crippen LogP contribution in [0.3, 0.4) is 0 Å². The Morgan fingerprint density at radius 2 is 1.51 bits per heavy atom. The average molecular weight is 556 g/mol. The fourth-order valence-corrected chi connectivity index (χ4v) is 10.8. The van der Waals surface area contributed by atoms with E-state index in [-0.39, 0.29) is 16.2 Å². The summed E-state index contributed by atoms with van der Waals surface area (Å²) >= 11 is -1.22. The van der Waals surface area contributed by atoms with Crippen molar-refractivity contribution in [2.75, 3.05) is 6.16 Å². The smallest absolute Gasteiger partial charge is 0.136 e. The molecular weight excluding hydrogens is 513 g/mol. The van der Waals surface area contributed by atoms with Gasteiger partial charge in [0, 0.05) is 16.8 Å². The molecule has 0 amide bonds. The molecule has 5 rings (SSSR count). The molecule has 0 saturated heterocycles. The normalized spacial score (nSPS) is 22.5. The highest BCUT2D eigenvalue weighted by molar-refractivity contribution is 7.90. The molecule has 1 N–H and O–H groups in total. The van der Waals surface area contributed by atoms with Crippen molar-refractivity contribution in [3.63, 3.8) is 0 Å². The zero-order valence-corrected chi connectivity index (χ0v) is 26.0. The third kappa shape index (κ3) is 5.44. The predicted octanol–water partition coefficient (Wildman–Crippen LogP) is 9.48. The molecule has 2 bridgehead atoms. The van der Waals surface area contributed by atoms with E-state index in [1.54, 1.807) is 0 Å². The highest BCUT2D eigenvalue weighted by Gasteiger charge is 2.54. The van der Waals surface area contributed by atoms with Gasteiger partial charge in [-0.1, -0.05) is 111 Å². The number of aryl methyl sites for hydroxylation is 1. The summed E-state index contributed by atoms with van der Waals surface area (Å²) < 4.78 is 17.0. The summed E-state index contributed by atoms with van der Waals surface area (Å²) in [6, 6.07) is 30.9. The third-order valence-corrected chi connectivity index (χ3v) is 13.0. The molecule has 0 fully saturated rings. The molecule has 4 heteroatoms. The molecule has 2 heterocycles. The second-order valence-electron chi connectivity index (χ2n) is 12.2. The Bertz CT molecular complexity index is 1360. The summed E-state index contributed by atoms with van der Waals surface area (Å²) in [4.78, 5) is 0. The van der Waals surface area contributed by atoms with Gasteiger partial charge in [0.05, 0.1) is 0 Å². The van der Waals surface area contributed by atoms with Gasteiger partial charge in [-0.25, -0.2) is 0 Å². The average Bonchev–Trinajstić information content (AvgIpc) is 3.38. The topological polar surface area (TPSA) is 35.1 Å². The number of fused-ring (bicyclic) bond motifs is 2. The first-order valence-corrected chi connectivity index (χ1v) is 16.9. The molecule has 4 atom stereocenters. The molecule has 0 spiro atoms. The van der Waals surface area contributed by atoms with E-state index in [0.717, 1.165) is 12.6 Å². The summed E-state index contributed by atoms with van der Waals surface area (Å²) in [5.74, 6) is 0. The molecule has 0 saturated carbocycles. The first-order chi connectivity index (χ1) is 18.6. The van der Waals surface area contributed by atoms with Crippen molar-refractivity contribution >= 4 is 30.2 Å². The Labute approximate surface area is 240 Å². The SMILES string of the molecule is CCCCc1ccc([C@@H](N[S+]([O-])C(C)(C)C)C2=C(c3ccccc3)[C@]3(C)C[P@@]2C(c2ccccc2)=C3C)cc1. The van der Waals surface area contributed by atoms with Crippen molar-refractivity contribution in [1.82, 2.24) is 4.72 Å². The van der Waals surface area contributed by atoms with E-state index >= 15 is 0 Å². The molecule has 2 nitrogen and oxygen atoms in total. The largest absolute Gasteiger partial charge is 0.598 e. The number of rotatable bonds is 9. The minimum Gasteiger partial charge on any atom is -0.598 e. The van der Waals surface area contributed by atoms with Gasteiger partial charge in [-0.05, 0) is 93.1 Å². The zero-order valence-electron chi connectivity index (χ0n) is 24.3. The Kier molecular flexibility index (Phi) is 8.28. The van der Waals surface area contributed by atoms with Gasteiger partial charge in [0.25, 0.3) is 0 Å². The lowest BCUT2D eigenvalue weighted by Crippen LogP contribution is -2.41. The van der Waals surface area contributed by atoms with Gasteiger partial charge >= 0.3 is 0 Å². The highest BCUT2D eigenvalue weighted by Crippen LogP contribution is 2.79. The predicted molar refractivity (Wildman–Crippen MR) is 171 cm³/mol. The minimum atomic E-state index is -1.22. The van der Waals surface area contributed by atoms with E-state index in [2.05, 4.69) is 131 Å². The highest BCUT2D eigenvalue weighted by atomic mass is 32.2. The summed E-state index contributed by atoms with van der Waals surface area (Å²) in [5, 5.41) is 2.96. The second-order valence-corrected chi connectivity index (χ2v) is 16.3. The number of hydrogen-bond acceptors (Lipinski definition) is 2. The molecule has 0 aliphatic carbocycles. The summed E-state index contributed by atoms with van der Waals surface area (Å²) in [6.07, 6.45) is 4.62. The van der Waals surface area contributed by atoms with Crippen molar-refractivity contribution in [2.45, 2.75) is 71.6 Å². The van der Waals surface area contributed by atoms with Gasteiger partial charge in [0.15, 0.2) is 0 Å². The van der Waals surface area contributed by atoms with Crippen LogP contribution < -0.4 is 4.72 Å². The van der Waals surface area contributed by atoms with Gasteiger partial charge in [0.1, 0.15) is 10.8 Å². The molecular formula is C35H42NOPS. The van der Waals surface area contributed by atoms with Crippen LogP contribution >= 0.6 is 7.92 Å². The zero-order chi connectivity index (χ0) is 27.8. The van der Waals surface area contributed by atoms with Crippen molar-refractivity contribution in [1.29, 1.82) is 0 Å². The Morgan fingerprint density at radius 1 is 0.923 bits per heavy atom. The molecule has 3 aromatic rings. The molecule has 204 valence electrons. The van der Waals surface area contributed by atoms with Gasteiger partial charge in [-0.3, -0.25) is 0 Å². The van der Waals surface area contributed by atoms with Crippen molar-refractivity contribution in [2.24, 2.45) is 5.41 Å². The van der Waals surface area contributed by atoms with E-state index in [4.69, 9.17) is 0 Å². The van der Waals surface area contributed by atoms with Crippen molar-refractivity contribution in [3.05, 3.63) is 118 Å². The second kappa shape index (κ2) is 11.4. The Hall–Kier alpha value is -2.16. The number of benzene rings is 3. The fraction of sp³-hybridized carbons (Fsp3) is 0.371. The van der Waals surface area contributed by atoms with E-state index in [1.807, 2.05) is 0 Å². The number of nitrogens with one attached hydrogen (secondary N) is 1. The summed E-state index contributed by atoms with van der Waals surface area (Å²) in [6.45, 7) is 13.2. The van der Waals surface area contributed by atoms with Gasteiger partial charge in [-0.2, -0.15) is 0 Å². The van der Waals surface area contributed by atoms with E-state index in [0.29, 0.717) is 0 Å². The Morgan fingerprint density at radius 3 is 2.08 bits per heavy atom. The van der Waals surface area contributed by atoms with Gasteiger partial charge in [0.2, 0.25) is 0 Å². The van der Waals surface area contributed by atoms with E-state index in [1.165, 1.54) is 56.9 Å². The van der Waals surface area contributed by atoms with Gasteiger partial charge in [-0.15, -0.1) is 4.72 Å². The van der Waals surface area contributed by atoms with Crippen LogP contribution in [0.2, 0.25) is 0 Å². The quantitative estimate of drug-likeness (QED) is 0.211. The van der Waals surface area contributed by atoms with Crippen LogP contribution in [0.15, 0.2) is 95.8 Å². The number of hydrogen-bond donors (Lipinski definition) is 1. The van der Waals surface area contributed by atoms with Crippen LogP contribution in [0.4, 0.5) is 0 Å². The maximum absolute atomic E-state index is 13.7. The fourth-order valence-electron chi connectivity index (χ4n) is 6.03. The van der Waals surface area contributed by atoms with Crippen LogP contribution in [0.1, 0.15) is 82.7 Å². The number of unbranched alkanes of at least 4 members (excludes halogenated alkanes) is 1. The van der Waals surface area contributed by atoms with Crippen LogP contribution in [-0.4, -0.2) is 15.5 Å². The molecule has 1 unspecified atom stereocenters. The first-order valence-electron chi connectivity index (χ1n) is 14.3. The van der Waals surface area contributed by atoms with Crippen LogP contribution in [0, 0.1) is 5.41 Å². The van der Waals surface area contributed by atoms with Gasteiger partial charge < -0.3 is 4.55 Å². The molecule has 3 aromatic carbocycles. The first kappa shape index (κ1) is 28.4. The Balaban J connectivity index is 1.70. The van der Waals surface area contributed by atoms with Crippen LogP contribution in [-0.2, 0) is 17.8 Å². The molecule has 2 aliphatic rings. The lowest BCUT2D eigenvalue weighted by atomic mass is 9.73. The van der Waals surface area contributed by atoms with Crippen molar-refractivity contribution in [3.8, 4) is 0 Å². The maximum Gasteiger partial charge on any atom is 0.136 e. The third-order valence-electron chi connectivity index (χ3n) is 8.32. The van der Waals surface area contributed by atoms with E-state index < -0.39 is 19.3 Å². The summed E-state index contributed by atoms with van der Waals surface area (Å²) in [5.41, 5.74) is 8.09. The summed E-state index contributed by atoms with van der Waals surface area (Å²) in [7, 11) is -0.607. The maximum atomic E-state index is 13.7. The minimum absolute atomic E-state index is 0.0439. The van der Waals surface area contributed by atoms with Crippen LogP contribution in [0.5, 0.6) is 0 Å². The van der Waals surface area contributed by atoms with Crippen molar-refractivity contribution < 1.29 is 4.55 Å². The van der Waals surface area contributed by atoms with Crippen LogP contribution in [0.25, 0.3) is 10.9 Å².